The first-order valence-electron chi connectivity index (χ1n) is 15.3. The Balaban J connectivity index is 1.25. The van der Waals surface area contributed by atoms with Crippen LogP contribution in [0.1, 0.15) is 0 Å². The lowest BCUT2D eigenvalue weighted by atomic mass is 9.89. The molecule has 0 aliphatic rings. The molecule has 0 atom stereocenters. The van der Waals surface area contributed by atoms with Crippen LogP contribution in [0.5, 0.6) is 0 Å². The van der Waals surface area contributed by atoms with E-state index in [1.807, 2.05) is 6.07 Å². The Hall–Kier alpha value is -6.06. The van der Waals surface area contributed by atoms with Crippen LogP contribution in [0.4, 0.5) is 0 Å². The Morgan fingerprint density at radius 1 is 0.400 bits per heavy atom. The summed E-state index contributed by atoms with van der Waals surface area (Å²) in [5, 5.41) is 10.6. The van der Waals surface area contributed by atoms with Crippen molar-refractivity contribution in [2.24, 2.45) is 0 Å². The van der Waals surface area contributed by atoms with Crippen molar-refractivity contribution in [3.63, 3.8) is 0 Å². The number of furan rings is 1. The molecule has 208 valence electrons. The Morgan fingerprint density at radius 2 is 1.09 bits per heavy atom. The van der Waals surface area contributed by atoms with Crippen molar-refractivity contribution in [2.75, 3.05) is 0 Å². The fraction of sp³-hybridized carbons (Fsp3) is 0. The first-order valence-corrected chi connectivity index (χ1v) is 15.3. The number of aromatic nitrogens is 2. The van der Waals surface area contributed by atoms with Crippen molar-refractivity contribution in [1.82, 2.24) is 9.97 Å². The van der Waals surface area contributed by atoms with E-state index in [9.17, 15) is 0 Å². The minimum absolute atomic E-state index is 0.714. The van der Waals surface area contributed by atoms with Crippen LogP contribution in [0.3, 0.4) is 0 Å². The van der Waals surface area contributed by atoms with Gasteiger partial charge in [0.05, 0.1) is 11.2 Å². The molecular formula is C42H24N2O. The van der Waals surface area contributed by atoms with E-state index in [2.05, 4.69) is 140 Å². The summed E-state index contributed by atoms with van der Waals surface area (Å²) in [4.78, 5) is 10.5. The highest BCUT2D eigenvalue weighted by atomic mass is 16.3. The van der Waals surface area contributed by atoms with Crippen molar-refractivity contribution >= 4 is 65.2 Å². The lowest BCUT2D eigenvalue weighted by Gasteiger charge is -2.14. The summed E-state index contributed by atoms with van der Waals surface area (Å²) in [5.74, 6) is 0.714. The summed E-state index contributed by atoms with van der Waals surface area (Å²) in [5.41, 5.74) is 8.09. The predicted molar refractivity (Wildman–Crippen MR) is 187 cm³/mol. The molecule has 10 aromatic rings. The number of nitrogens with zero attached hydrogens (tertiary/aromatic N) is 2. The second-order valence-electron chi connectivity index (χ2n) is 11.7. The van der Waals surface area contributed by atoms with Gasteiger partial charge < -0.3 is 4.42 Å². The minimum Gasteiger partial charge on any atom is -0.456 e. The molecule has 10 rings (SSSR count). The molecule has 0 aliphatic carbocycles. The molecule has 0 spiro atoms. The van der Waals surface area contributed by atoms with Crippen molar-refractivity contribution in [2.45, 2.75) is 0 Å². The summed E-state index contributed by atoms with van der Waals surface area (Å²) in [6.45, 7) is 0. The van der Waals surface area contributed by atoms with Gasteiger partial charge in [0.1, 0.15) is 11.2 Å². The summed E-state index contributed by atoms with van der Waals surface area (Å²) >= 11 is 0. The third-order valence-electron chi connectivity index (χ3n) is 9.22. The highest BCUT2D eigenvalue weighted by Gasteiger charge is 2.20. The molecule has 0 bridgehead atoms. The predicted octanol–water partition coefficient (Wildman–Crippen LogP) is 11.4. The van der Waals surface area contributed by atoms with Crippen molar-refractivity contribution < 1.29 is 4.42 Å². The van der Waals surface area contributed by atoms with E-state index in [0.29, 0.717) is 5.82 Å². The van der Waals surface area contributed by atoms with Gasteiger partial charge in [-0.05, 0) is 56.9 Å². The van der Waals surface area contributed by atoms with Crippen LogP contribution in [0.2, 0.25) is 0 Å². The van der Waals surface area contributed by atoms with Crippen LogP contribution in [-0.4, -0.2) is 9.97 Å². The lowest BCUT2D eigenvalue weighted by Crippen LogP contribution is -1.96. The molecule has 0 aliphatic heterocycles. The first kappa shape index (κ1) is 24.4. The van der Waals surface area contributed by atoms with E-state index in [1.54, 1.807) is 0 Å². The Kier molecular flexibility index (Phi) is 5.00. The van der Waals surface area contributed by atoms with Crippen molar-refractivity contribution in [3.05, 3.63) is 146 Å². The van der Waals surface area contributed by atoms with Gasteiger partial charge in [-0.25, -0.2) is 9.97 Å². The average molecular weight is 573 g/mol. The monoisotopic (exact) mass is 572 g/mol. The fourth-order valence-electron chi connectivity index (χ4n) is 7.22. The molecule has 0 amide bonds. The number of hydrogen-bond acceptors (Lipinski definition) is 3. The molecule has 0 N–H and O–H groups in total. The minimum atomic E-state index is 0.714. The highest BCUT2D eigenvalue weighted by Crippen LogP contribution is 2.46. The largest absolute Gasteiger partial charge is 0.456 e. The maximum atomic E-state index is 6.38. The van der Waals surface area contributed by atoms with E-state index >= 15 is 0 Å². The van der Waals surface area contributed by atoms with Crippen LogP contribution in [0.25, 0.3) is 98.9 Å². The summed E-state index contributed by atoms with van der Waals surface area (Å²) < 4.78 is 6.38. The third-order valence-corrected chi connectivity index (χ3v) is 9.22. The van der Waals surface area contributed by atoms with Crippen LogP contribution in [-0.2, 0) is 0 Å². The van der Waals surface area contributed by atoms with Gasteiger partial charge in [0.15, 0.2) is 5.82 Å². The van der Waals surface area contributed by atoms with Gasteiger partial charge in [-0.2, -0.15) is 0 Å². The van der Waals surface area contributed by atoms with Crippen LogP contribution in [0, 0.1) is 0 Å². The van der Waals surface area contributed by atoms with Crippen LogP contribution < -0.4 is 0 Å². The second kappa shape index (κ2) is 9.22. The molecule has 2 aromatic heterocycles. The SMILES string of the molecule is c1ccc(-c2nc(-c3cccc(-c4ccc5oc6cccc7c8ccccc8c4c5c67)c3)nc3c2ccc2ccccc23)cc1. The van der Waals surface area contributed by atoms with E-state index in [-0.39, 0.29) is 0 Å². The number of hydrogen-bond donors (Lipinski definition) is 0. The molecule has 3 nitrogen and oxygen atoms in total. The van der Waals surface area contributed by atoms with Gasteiger partial charge in [0, 0.05) is 38.1 Å². The standard InChI is InChI=1S/C42H24N2O/c1-2-11-26(12-3-1)40-34-21-20-25-10-4-5-15-30(25)41(34)44-42(43-40)28-14-8-13-27(24-28)29-22-23-36-39-37(29)32-17-7-6-16-31(32)33-18-9-19-35(45-36)38(33)39/h1-24H. The average Bonchev–Trinajstić information content (AvgIpc) is 3.50. The summed E-state index contributed by atoms with van der Waals surface area (Å²) in [7, 11) is 0. The van der Waals surface area contributed by atoms with Gasteiger partial charge in [-0.1, -0.05) is 121 Å². The van der Waals surface area contributed by atoms with Gasteiger partial charge in [0.2, 0.25) is 0 Å². The maximum absolute atomic E-state index is 6.38. The van der Waals surface area contributed by atoms with E-state index in [1.165, 1.54) is 43.3 Å². The highest BCUT2D eigenvalue weighted by molar-refractivity contribution is 6.35. The molecule has 8 aromatic carbocycles. The number of rotatable bonds is 3. The molecule has 3 heteroatoms. The molecule has 0 fully saturated rings. The fourth-order valence-corrected chi connectivity index (χ4v) is 7.22. The van der Waals surface area contributed by atoms with Crippen LogP contribution in [0.15, 0.2) is 150 Å². The number of fused-ring (bicyclic) bond motifs is 6. The first-order chi connectivity index (χ1) is 22.3. The molecule has 45 heavy (non-hydrogen) atoms. The van der Waals surface area contributed by atoms with Gasteiger partial charge >= 0.3 is 0 Å². The van der Waals surface area contributed by atoms with Gasteiger partial charge in [0.25, 0.3) is 0 Å². The lowest BCUT2D eigenvalue weighted by molar-refractivity contribution is 0.669. The normalized spacial score (nSPS) is 12.0. The van der Waals surface area contributed by atoms with Gasteiger partial charge in [-0.15, -0.1) is 0 Å². The molecule has 0 saturated carbocycles. The Labute approximate surface area is 258 Å². The topological polar surface area (TPSA) is 38.9 Å². The molecular weight excluding hydrogens is 548 g/mol. The molecule has 0 radical (unpaired) electrons. The summed E-state index contributed by atoms with van der Waals surface area (Å²) in [6, 6.07) is 51.2. The van der Waals surface area contributed by atoms with Crippen molar-refractivity contribution in [1.29, 1.82) is 0 Å². The zero-order chi connectivity index (χ0) is 29.5. The Bertz CT molecular complexity index is 2760. The summed E-state index contributed by atoms with van der Waals surface area (Å²) in [6.07, 6.45) is 0. The second-order valence-corrected chi connectivity index (χ2v) is 11.7. The Morgan fingerprint density at radius 3 is 2.00 bits per heavy atom. The van der Waals surface area contributed by atoms with Crippen LogP contribution >= 0.6 is 0 Å². The maximum Gasteiger partial charge on any atom is 0.160 e. The number of benzene rings is 8. The molecule has 2 heterocycles. The molecule has 0 unspecified atom stereocenters. The van der Waals surface area contributed by atoms with E-state index < -0.39 is 0 Å². The third kappa shape index (κ3) is 3.52. The van der Waals surface area contributed by atoms with E-state index in [4.69, 9.17) is 14.4 Å². The van der Waals surface area contributed by atoms with E-state index in [0.717, 1.165) is 49.8 Å². The smallest absolute Gasteiger partial charge is 0.160 e. The zero-order valence-corrected chi connectivity index (χ0v) is 24.2. The quantitative estimate of drug-likeness (QED) is 0.198. The molecule has 0 saturated heterocycles. The van der Waals surface area contributed by atoms with Gasteiger partial charge in [-0.3, -0.25) is 0 Å². The van der Waals surface area contributed by atoms with Crippen molar-refractivity contribution in [3.8, 4) is 33.8 Å². The zero-order valence-electron chi connectivity index (χ0n) is 24.2.